The molecule has 0 aromatic carbocycles. The van der Waals surface area contributed by atoms with Crippen molar-refractivity contribution in [3.63, 3.8) is 0 Å². The van der Waals surface area contributed by atoms with Crippen LogP contribution in [-0.2, 0) is 4.79 Å². The fraction of sp³-hybridized carbons (Fsp3) is 0.857. The molecule has 2 fully saturated rings. The van der Waals surface area contributed by atoms with Crippen LogP contribution in [0, 0.1) is 0 Å². The summed E-state index contributed by atoms with van der Waals surface area (Å²) in [4.78, 5) is 27.4. The Hall–Kier alpha value is -1.30. The van der Waals surface area contributed by atoms with Crippen molar-refractivity contribution in [3.8, 4) is 0 Å². The van der Waals surface area contributed by atoms with Gasteiger partial charge in [-0.15, -0.1) is 0 Å². The third-order valence-electron chi connectivity index (χ3n) is 4.67. The molecule has 0 aliphatic carbocycles. The Morgan fingerprint density at radius 3 is 2.15 bits per heavy atom. The number of carboxylic acids is 1. The molecule has 2 aliphatic rings. The second-order valence-corrected chi connectivity index (χ2v) is 6.31. The molecule has 2 N–H and O–H groups in total. The molecule has 0 saturated carbocycles. The molecule has 2 aliphatic heterocycles. The highest BCUT2D eigenvalue weighted by Crippen LogP contribution is 2.37. The van der Waals surface area contributed by atoms with E-state index in [-0.39, 0.29) is 24.2 Å². The number of urea groups is 1. The van der Waals surface area contributed by atoms with Gasteiger partial charge < -0.3 is 20.0 Å². The predicted molar refractivity (Wildman–Crippen MR) is 73.4 cm³/mol. The zero-order chi connectivity index (χ0) is 15.1. The van der Waals surface area contributed by atoms with Gasteiger partial charge in [0.25, 0.3) is 0 Å². The molecular weight excluding hydrogens is 260 g/mol. The maximum absolute atomic E-state index is 12.8. The van der Waals surface area contributed by atoms with E-state index in [4.69, 9.17) is 0 Å². The summed E-state index contributed by atoms with van der Waals surface area (Å²) in [5.41, 5.74) is -1.22. The fourth-order valence-electron chi connectivity index (χ4n) is 3.49. The van der Waals surface area contributed by atoms with Crippen LogP contribution < -0.4 is 0 Å². The van der Waals surface area contributed by atoms with Gasteiger partial charge >= 0.3 is 12.0 Å². The number of aliphatic carboxylic acids is 1. The molecule has 2 atom stereocenters. The summed E-state index contributed by atoms with van der Waals surface area (Å²) < 4.78 is 0. The number of piperidine rings is 1. The minimum atomic E-state index is -1.22. The van der Waals surface area contributed by atoms with Gasteiger partial charge in [-0.05, 0) is 46.5 Å². The number of carbonyl (C=O) groups is 2. The van der Waals surface area contributed by atoms with Crippen molar-refractivity contribution in [1.29, 1.82) is 0 Å². The van der Waals surface area contributed by atoms with Crippen molar-refractivity contribution in [2.45, 2.75) is 70.2 Å². The standard InChI is InChI=1S/C14H24N2O4/c1-4-15(14(2,3)12(18)19)13(20)16-9-5-6-10(16)8-11(17)7-9/h9-11,17H,4-8H2,1-3H3,(H,18,19). The van der Waals surface area contributed by atoms with Crippen LogP contribution in [0.5, 0.6) is 0 Å². The molecule has 114 valence electrons. The van der Waals surface area contributed by atoms with E-state index in [2.05, 4.69) is 0 Å². The number of likely N-dealkylation sites (N-methyl/N-ethyl adjacent to an activating group) is 1. The van der Waals surface area contributed by atoms with Crippen molar-refractivity contribution < 1.29 is 19.8 Å². The van der Waals surface area contributed by atoms with Gasteiger partial charge in [0, 0.05) is 18.6 Å². The fourth-order valence-corrected chi connectivity index (χ4v) is 3.49. The van der Waals surface area contributed by atoms with Gasteiger partial charge in [0.2, 0.25) is 0 Å². The Bertz CT molecular complexity index is 396. The molecule has 2 unspecified atom stereocenters. The van der Waals surface area contributed by atoms with E-state index < -0.39 is 11.5 Å². The number of hydrogen-bond donors (Lipinski definition) is 2. The van der Waals surface area contributed by atoms with Crippen LogP contribution in [0.3, 0.4) is 0 Å². The number of amides is 2. The lowest BCUT2D eigenvalue weighted by atomic mass is 9.99. The van der Waals surface area contributed by atoms with Crippen molar-refractivity contribution >= 4 is 12.0 Å². The Labute approximate surface area is 119 Å². The highest BCUT2D eigenvalue weighted by molar-refractivity contribution is 5.86. The van der Waals surface area contributed by atoms with Crippen LogP contribution >= 0.6 is 0 Å². The van der Waals surface area contributed by atoms with E-state index in [1.54, 1.807) is 25.7 Å². The molecule has 2 saturated heterocycles. The van der Waals surface area contributed by atoms with Crippen molar-refractivity contribution in [2.24, 2.45) is 0 Å². The topological polar surface area (TPSA) is 81.1 Å². The molecule has 6 nitrogen and oxygen atoms in total. The maximum Gasteiger partial charge on any atom is 0.329 e. The number of fused-ring (bicyclic) bond motifs is 2. The van der Waals surface area contributed by atoms with Crippen LogP contribution in [0.4, 0.5) is 4.79 Å². The minimum absolute atomic E-state index is 0.0508. The molecule has 0 spiro atoms. The number of aliphatic hydroxyl groups is 1. The highest BCUT2D eigenvalue weighted by atomic mass is 16.4. The van der Waals surface area contributed by atoms with E-state index in [1.807, 2.05) is 0 Å². The van der Waals surface area contributed by atoms with E-state index in [1.165, 1.54) is 4.90 Å². The summed E-state index contributed by atoms with van der Waals surface area (Å²) in [5.74, 6) is -1.00. The third kappa shape index (κ3) is 2.37. The average Bonchev–Trinajstić information content (AvgIpc) is 2.62. The van der Waals surface area contributed by atoms with Gasteiger partial charge in [0.15, 0.2) is 0 Å². The summed E-state index contributed by atoms with van der Waals surface area (Å²) in [6.45, 7) is 5.26. The van der Waals surface area contributed by atoms with E-state index in [9.17, 15) is 19.8 Å². The Morgan fingerprint density at radius 1 is 1.25 bits per heavy atom. The molecule has 2 heterocycles. The Kier molecular flexibility index (Phi) is 3.95. The lowest BCUT2D eigenvalue weighted by molar-refractivity contribution is -0.148. The quantitative estimate of drug-likeness (QED) is 0.818. The summed E-state index contributed by atoms with van der Waals surface area (Å²) in [7, 11) is 0. The summed E-state index contributed by atoms with van der Waals surface area (Å²) in [6.07, 6.45) is 2.68. The van der Waals surface area contributed by atoms with Crippen LogP contribution in [0.2, 0.25) is 0 Å². The first-order valence-corrected chi connectivity index (χ1v) is 7.30. The van der Waals surface area contributed by atoms with Crippen molar-refractivity contribution in [1.82, 2.24) is 9.80 Å². The largest absolute Gasteiger partial charge is 0.480 e. The van der Waals surface area contributed by atoms with Gasteiger partial charge in [-0.1, -0.05) is 0 Å². The number of hydrogen-bond acceptors (Lipinski definition) is 3. The van der Waals surface area contributed by atoms with Crippen molar-refractivity contribution in [3.05, 3.63) is 0 Å². The number of rotatable bonds is 3. The lowest BCUT2D eigenvalue weighted by Crippen LogP contribution is -2.60. The molecule has 6 heteroatoms. The second-order valence-electron chi connectivity index (χ2n) is 6.31. The smallest absolute Gasteiger partial charge is 0.329 e. The monoisotopic (exact) mass is 284 g/mol. The number of carboxylic acid groups (broad SMARTS) is 1. The zero-order valence-electron chi connectivity index (χ0n) is 12.4. The van der Waals surface area contributed by atoms with Gasteiger partial charge in [0.1, 0.15) is 5.54 Å². The number of nitrogens with zero attached hydrogens (tertiary/aromatic N) is 2. The first kappa shape index (κ1) is 15.1. The number of aliphatic hydroxyl groups excluding tert-OH is 1. The van der Waals surface area contributed by atoms with Gasteiger partial charge in [-0.3, -0.25) is 0 Å². The molecule has 0 aromatic rings. The molecule has 0 radical (unpaired) electrons. The SMILES string of the molecule is CCN(C(=O)N1C2CCC1CC(O)C2)C(C)(C)C(=O)O. The molecule has 2 rings (SSSR count). The highest BCUT2D eigenvalue weighted by Gasteiger charge is 2.47. The number of carbonyl (C=O) groups excluding carboxylic acids is 1. The molecule has 2 bridgehead atoms. The van der Waals surface area contributed by atoms with Crippen LogP contribution in [0.15, 0.2) is 0 Å². The molecular formula is C14H24N2O4. The maximum atomic E-state index is 12.8. The average molecular weight is 284 g/mol. The van der Waals surface area contributed by atoms with Crippen LogP contribution in [0.25, 0.3) is 0 Å². The second kappa shape index (κ2) is 5.24. The zero-order valence-corrected chi connectivity index (χ0v) is 12.4. The molecule has 20 heavy (non-hydrogen) atoms. The van der Waals surface area contributed by atoms with Crippen LogP contribution in [0.1, 0.15) is 46.5 Å². The third-order valence-corrected chi connectivity index (χ3v) is 4.67. The summed E-state index contributed by atoms with van der Waals surface area (Å²) in [5, 5.41) is 19.1. The van der Waals surface area contributed by atoms with Crippen molar-refractivity contribution in [2.75, 3.05) is 6.54 Å². The first-order chi connectivity index (χ1) is 9.28. The summed E-state index contributed by atoms with van der Waals surface area (Å²) >= 11 is 0. The van der Waals surface area contributed by atoms with Gasteiger partial charge in [-0.2, -0.15) is 0 Å². The van der Waals surface area contributed by atoms with E-state index in [0.717, 1.165) is 12.8 Å². The van der Waals surface area contributed by atoms with E-state index >= 15 is 0 Å². The predicted octanol–water partition coefficient (Wildman–Crippen LogP) is 1.28. The minimum Gasteiger partial charge on any atom is -0.480 e. The first-order valence-electron chi connectivity index (χ1n) is 7.30. The van der Waals surface area contributed by atoms with Crippen LogP contribution in [-0.4, -0.2) is 62.3 Å². The Balaban J connectivity index is 2.20. The normalized spacial score (nSPS) is 29.4. The molecule has 0 aromatic heterocycles. The summed E-state index contributed by atoms with van der Waals surface area (Å²) in [6, 6.07) is -0.107. The Morgan fingerprint density at radius 2 is 1.75 bits per heavy atom. The van der Waals surface area contributed by atoms with Gasteiger partial charge in [0.05, 0.1) is 6.10 Å². The molecule has 2 amide bonds. The van der Waals surface area contributed by atoms with E-state index in [0.29, 0.717) is 19.4 Å². The lowest BCUT2D eigenvalue weighted by Gasteiger charge is -2.43. The van der Waals surface area contributed by atoms with Gasteiger partial charge in [-0.25, -0.2) is 9.59 Å².